The highest BCUT2D eigenvalue weighted by Gasteiger charge is 2.41. The molecule has 3 aromatic rings. The summed E-state index contributed by atoms with van der Waals surface area (Å²) in [4.78, 5) is 27.1. The van der Waals surface area contributed by atoms with Crippen LogP contribution in [0.25, 0.3) is 0 Å². The number of carbonyl (C=O) groups excluding carboxylic acids is 2. The van der Waals surface area contributed by atoms with Crippen LogP contribution in [0.15, 0.2) is 101 Å². The molecule has 2 atom stereocenters. The molecule has 7 heteroatoms. The molecule has 0 unspecified atom stereocenters. The van der Waals surface area contributed by atoms with E-state index < -0.39 is 11.9 Å². The molecule has 0 bridgehead atoms. The van der Waals surface area contributed by atoms with Crippen molar-refractivity contribution in [1.29, 1.82) is 0 Å². The lowest BCUT2D eigenvalue weighted by molar-refractivity contribution is -0.140. The molecule has 2 N–H and O–H groups in total. The molecule has 0 fully saturated rings. The first-order chi connectivity index (χ1) is 18.4. The monoisotopic (exact) mass is 529 g/mol. The Morgan fingerprint density at radius 3 is 2.34 bits per heavy atom. The second-order valence-corrected chi connectivity index (χ2v) is 9.89. The molecule has 194 valence electrons. The van der Waals surface area contributed by atoms with Gasteiger partial charge in [0, 0.05) is 34.3 Å². The highest BCUT2D eigenvalue weighted by atomic mass is 35.5. The normalized spacial score (nSPS) is 19.1. The minimum Gasteiger partial charge on any atom is -0.508 e. The van der Waals surface area contributed by atoms with Gasteiger partial charge in [-0.1, -0.05) is 54.1 Å². The van der Waals surface area contributed by atoms with Gasteiger partial charge in [0.2, 0.25) is 0 Å². The molecule has 0 amide bonds. The molecule has 0 saturated heterocycles. The molecule has 1 aliphatic heterocycles. The van der Waals surface area contributed by atoms with Crippen molar-refractivity contribution >= 4 is 23.4 Å². The minimum absolute atomic E-state index is 0.00270. The van der Waals surface area contributed by atoms with Gasteiger partial charge in [-0.3, -0.25) is 4.79 Å². The molecule has 5 rings (SSSR count). The second-order valence-electron chi connectivity index (χ2n) is 9.46. The Bertz CT molecular complexity index is 1390. The number of Topliss-reactive ketones (excluding diaryl/α,β-unsaturated/α-hetero) is 1. The summed E-state index contributed by atoms with van der Waals surface area (Å²) in [5.41, 5.74) is 4.18. The van der Waals surface area contributed by atoms with E-state index in [1.165, 1.54) is 0 Å². The minimum atomic E-state index is -0.604. The van der Waals surface area contributed by atoms with Gasteiger partial charge >= 0.3 is 5.97 Å². The zero-order valence-corrected chi connectivity index (χ0v) is 21.7. The van der Waals surface area contributed by atoms with E-state index in [2.05, 4.69) is 5.32 Å². The van der Waals surface area contributed by atoms with Crippen molar-refractivity contribution in [3.63, 3.8) is 0 Å². The lowest BCUT2D eigenvalue weighted by Gasteiger charge is -2.36. The number of phenols is 1. The standard InChI is InChI=1S/C31H28ClNO5/c1-19-28(31(36)38-16-15-37-25-5-3-2-4-6-25)29(21-9-13-24(34)14-10-21)30-26(33-19)17-22(18-27(30)35)20-7-11-23(32)12-8-20/h2-14,22,29,33-34H,15-18H2,1H3/t22-,29+/m1/s1. The van der Waals surface area contributed by atoms with Crippen LogP contribution in [0.4, 0.5) is 0 Å². The van der Waals surface area contributed by atoms with Crippen LogP contribution in [0.1, 0.15) is 42.7 Å². The van der Waals surface area contributed by atoms with E-state index in [1.54, 1.807) is 24.3 Å². The van der Waals surface area contributed by atoms with E-state index in [0.717, 1.165) is 16.8 Å². The Morgan fingerprint density at radius 2 is 1.63 bits per heavy atom. The fourth-order valence-corrected chi connectivity index (χ4v) is 5.29. The smallest absolute Gasteiger partial charge is 0.336 e. The number of carbonyl (C=O) groups is 2. The van der Waals surface area contributed by atoms with Gasteiger partial charge in [-0.25, -0.2) is 4.79 Å². The van der Waals surface area contributed by atoms with Gasteiger partial charge < -0.3 is 19.9 Å². The van der Waals surface area contributed by atoms with Crippen LogP contribution in [0.2, 0.25) is 5.02 Å². The maximum atomic E-state index is 13.7. The Morgan fingerprint density at radius 1 is 0.947 bits per heavy atom. The number of hydrogen-bond acceptors (Lipinski definition) is 6. The number of ether oxygens (including phenoxy) is 2. The summed E-state index contributed by atoms with van der Waals surface area (Å²) in [6.07, 6.45) is 0.949. The van der Waals surface area contributed by atoms with Crippen LogP contribution in [0.5, 0.6) is 11.5 Å². The van der Waals surface area contributed by atoms with Gasteiger partial charge in [0.15, 0.2) is 5.78 Å². The Kier molecular flexibility index (Phi) is 7.52. The summed E-state index contributed by atoms with van der Waals surface area (Å²) in [5.74, 6) is -0.336. The summed E-state index contributed by atoms with van der Waals surface area (Å²) in [6, 6.07) is 23.5. The third-order valence-corrected chi connectivity index (χ3v) is 7.20. The number of hydrogen-bond donors (Lipinski definition) is 2. The molecule has 0 aromatic heterocycles. The summed E-state index contributed by atoms with van der Waals surface area (Å²) < 4.78 is 11.3. The average molecular weight is 530 g/mol. The number of dihydropyridines is 1. The van der Waals surface area contributed by atoms with Crippen molar-refractivity contribution in [1.82, 2.24) is 5.32 Å². The second kappa shape index (κ2) is 11.2. The molecule has 0 saturated carbocycles. The zero-order chi connectivity index (χ0) is 26.6. The van der Waals surface area contributed by atoms with Gasteiger partial charge in [-0.05, 0) is 66.8 Å². The Hall–Kier alpha value is -4.03. The van der Waals surface area contributed by atoms with Crippen LogP contribution in [0.3, 0.4) is 0 Å². The molecule has 0 radical (unpaired) electrons. The third-order valence-electron chi connectivity index (χ3n) is 6.94. The van der Waals surface area contributed by atoms with E-state index in [1.807, 2.05) is 61.5 Å². The van der Waals surface area contributed by atoms with Crippen LogP contribution < -0.4 is 10.1 Å². The van der Waals surface area contributed by atoms with Gasteiger partial charge in [0.05, 0.1) is 5.57 Å². The molecule has 3 aromatic carbocycles. The number of nitrogens with one attached hydrogen (secondary N) is 1. The first-order valence-corrected chi connectivity index (χ1v) is 12.9. The number of phenolic OH excluding ortho intramolecular Hbond substituents is 1. The number of para-hydroxylation sites is 1. The quantitative estimate of drug-likeness (QED) is 0.287. The number of rotatable bonds is 7. The number of halogens is 1. The molecule has 1 heterocycles. The number of aromatic hydroxyl groups is 1. The van der Waals surface area contributed by atoms with E-state index in [4.69, 9.17) is 21.1 Å². The Balaban J connectivity index is 1.41. The van der Waals surface area contributed by atoms with Crippen LogP contribution >= 0.6 is 11.6 Å². The molecule has 1 aliphatic carbocycles. The fraction of sp³-hybridized carbons (Fsp3) is 0.226. The first-order valence-electron chi connectivity index (χ1n) is 12.5. The van der Waals surface area contributed by atoms with Crippen LogP contribution in [0, 0.1) is 0 Å². The molecule has 0 spiro atoms. The van der Waals surface area contributed by atoms with Gasteiger partial charge in [-0.15, -0.1) is 0 Å². The van der Waals surface area contributed by atoms with Crippen LogP contribution in [-0.2, 0) is 14.3 Å². The van der Waals surface area contributed by atoms with E-state index in [-0.39, 0.29) is 30.7 Å². The van der Waals surface area contributed by atoms with Crippen molar-refractivity contribution < 1.29 is 24.2 Å². The van der Waals surface area contributed by atoms with Crippen molar-refractivity contribution in [3.05, 3.63) is 118 Å². The molecule has 38 heavy (non-hydrogen) atoms. The maximum absolute atomic E-state index is 13.7. The summed E-state index contributed by atoms with van der Waals surface area (Å²) >= 11 is 6.07. The van der Waals surface area contributed by atoms with Gasteiger partial charge in [0.25, 0.3) is 0 Å². The van der Waals surface area contributed by atoms with Crippen LogP contribution in [-0.4, -0.2) is 30.1 Å². The van der Waals surface area contributed by atoms with Crippen molar-refractivity contribution in [2.45, 2.75) is 31.6 Å². The first kappa shape index (κ1) is 25.6. The molecule has 2 aliphatic rings. The third kappa shape index (κ3) is 5.46. The Labute approximate surface area is 226 Å². The summed E-state index contributed by atoms with van der Waals surface area (Å²) in [5, 5.41) is 13.9. The predicted molar refractivity (Wildman–Crippen MR) is 145 cm³/mol. The van der Waals surface area contributed by atoms with E-state index >= 15 is 0 Å². The maximum Gasteiger partial charge on any atom is 0.336 e. The SMILES string of the molecule is CC1=C(C(=O)OCCOc2ccccc2)[C@H](c2ccc(O)cc2)C2=C(C[C@@H](c3ccc(Cl)cc3)CC2=O)N1. The van der Waals surface area contributed by atoms with Crippen molar-refractivity contribution in [2.24, 2.45) is 0 Å². The van der Waals surface area contributed by atoms with Crippen molar-refractivity contribution in [2.75, 3.05) is 13.2 Å². The topological polar surface area (TPSA) is 84.9 Å². The molecular formula is C31H28ClNO5. The van der Waals surface area contributed by atoms with E-state index in [0.29, 0.717) is 40.5 Å². The predicted octanol–water partition coefficient (Wildman–Crippen LogP) is 6.03. The number of esters is 1. The lowest BCUT2D eigenvalue weighted by atomic mass is 9.72. The fourth-order valence-electron chi connectivity index (χ4n) is 5.17. The van der Waals surface area contributed by atoms with Gasteiger partial charge in [-0.2, -0.15) is 0 Å². The largest absolute Gasteiger partial charge is 0.508 e. The summed E-state index contributed by atoms with van der Waals surface area (Å²) in [6.45, 7) is 2.09. The van der Waals surface area contributed by atoms with Crippen molar-refractivity contribution in [3.8, 4) is 11.5 Å². The van der Waals surface area contributed by atoms with E-state index in [9.17, 15) is 14.7 Å². The molecule has 6 nitrogen and oxygen atoms in total. The average Bonchev–Trinajstić information content (AvgIpc) is 2.91. The highest BCUT2D eigenvalue weighted by molar-refractivity contribution is 6.30. The number of allylic oxidation sites excluding steroid dienone is 3. The lowest BCUT2D eigenvalue weighted by Crippen LogP contribution is -2.36. The highest BCUT2D eigenvalue weighted by Crippen LogP contribution is 2.46. The zero-order valence-electron chi connectivity index (χ0n) is 20.9. The number of ketones is 1. The van der Waals surface area contributed by atoms with Gasteiger partial charge in [0.1, 0.15) is 24.7 Å². The molecular weight excluding hydrogens is 502 g/mol. The number of benzene rings is 3. The summed E-state index contributed by atoms with van der Waals surface area (Å²) in [7, 11) is 0.